The normalized spacial score (nSPS) is 12.7. The zero-order chi connectivity index (χ0) is 24.0. The highest BCUT2D eigenvalue weighted by Crippen LogP contribution is 2.33. The van der Waals surface area contributed by atoms with Gasteiger partial charge in [-0.2, -0.15) is 13.2 Å². The van der Waals surface area contributed by atoms with Crippen LogP contribution >= 0.6 is 0 Å². The molecular formula is C27H23F3N2OS. The van der Waals surface area contributed by atoms with Gasteiger partial charge in [0.05, 0.1) is 23.0 Å². The molecule has 0 aliphatic rings. The molecule has 4 aromatic rings. The molecule has 0 radical (unpaired) electrons. The minimum absolute atomic E-state index is 0.117. The summed E-state index contributed by atoms with van der Waals surface area (Å²) >= 11 is 0. The van der Waals surface area contributed by atoms with Crippen molar-refractivity contribution in [3.05, 3.63) is 126 Å². The molecule has 0 spiro atoms. The molecule has 4 aromatic carbocycles. The molecule has 0 amide bonds. The van der Waals surface area contributed by atoms with E-state index in [4.69, 9.17) is 8.73 Å². The first-order valence-electron chi connectivity index (χ1n) is 10.6. The van der Waals surface area contributed by atoms with Crippen molar-refractivity contribution >= 4 is 21.0 Å². The molecule has 0 aromatic heterocycles. The zero-order valence-electron chi connectivity index (χ0n) is 18.1. The summed E-state index contributed by atoms with van der Waals surface area (Å²) in [7, 11) is -2.39. The third-order valence-corrected chi connectivity index (χ3v) is 7.99. The Morgan fingerprint density at radius 2 is 1.09 bits per heavy atom. The summed E-state index contributed by atoms with van der Waals surface area (Å²) in [6, 6.07) is 32.9. The molecule has 0 bridgehead atoms. The molecule has 4 rings (SSSR count). The van der Waals surface area contributed by atoms with Crippen molar-refractivity contribution in [2.45, 2.75) is 17.2 Å². The quantitative estimate of drug-likeness (QED) is 0.299. The number of rotatable bonds is 6. The van der Waals surface area contributed by atoms with Crippen LogP contribution in [0.4, 0.5) is 24.5 Å². The second-order valence-corrected chi connectivity index (χ2v) is 10.1. The maximum Gasteiger partial charge on any atom is 0.416 e. The van der Waals surface area contributed by atoms with Crippen LogP contribution in [0.2, 0.25) is 0 Å². The van der Waals surface area contributed by atoms with Crippen molar-refractivity contribution in [2.24, 2.45) is 8.73 Å². The van der Waals surface area contributed by atoms with Gasteiger partial charge in [0.2, 0.25) is 0 Å². The summed E-state index contributed by atoms with van der Waals surface area (Å²) < 4.78 is 49.1. The van der Waals surface area contributed by atoms with E-state index in [0.29, 0.717) is 16.9 Å². The lowest BCUT2D eigenvalue weighted by molar-refractivity contribution is -0.137. The predicted molar refractivity (Wildman–Crippen MR) is 130 cm³/mol. The Morgan fingerprint density at radius 3 is 1.53 bits per heavy atom. The maximum absolute atomic E-state index is 13.0. The Kier molecular flexibility index (Phi) is 7.14. The van der Waals surface area contributed by atoms with Crippen LogP contribution < -0.4 is 0 Å². The van der Waals surface area contributed by atoms with Gasteiger partial charge in [-0.1, -0.05) is 66.7 Å². The van der Waals surface area contributed by atoms with Gasteiger partial charge in [-0.05, 0) is 63.7 Å². The van der Waals surface area contributed by atoms with Gasteiger partial charge in [0, 0.05) is 10.6 Å². The molecule has 0 aliphatic carbocycles. The highest BCUT2D eigenvalue weighted by atomic mass is 32.2. The first-order valence-corrected chi connectivity index (χ1v) is 12.3. The number of hydrogen-bond donors (Lipinski definition) is 1. The zero-order valence-corrected chi connectivity index (χ0v) is 19.0. The average molecular weight is 481 g/mol. The van der Waals surface area contributed by atoms with E-state index >= 15 is 0 Å². The van der Waals surface area contributed by atoms with E-state index in [0.717, 1.165) is 17.0 Å². The molecule has 0 fully saturated rings. The number of aliphatic hydroxyl groups excluding tert-OH is 1. The van der Waals surface area contributed by atoms with Crippen LogP contribution in [0.5, 0.6) is 0 Å². The Labute approximate surface area is 197 Å². The van der Waals surface area contributed by atoms with Crippen LogP contribution in [0.15, 0.2) is 129 Å². The molecular weight excluding hydrogens is 457 g/mol. The second-order valence-electron chi connectivity index (χ2n) is 7.64. The van der Waals surface area contributed by atoms with Crippen molar-refractivity contribution in [1.82, 2.24) is 0 Å². The third kappa shape index (κ3) is 5.73. The van der Waals surface area contributed by atoms with Crippen LogP contribution in [0, 0.1) is 0 Å². The number of nitrogens with zero attached hydrogens (tertiary/aromatic N) is 2. The van der Waals surface area contributed by atoms with Crippen LogP contribution in [-0.2, 0) is 15.8 Å². The SMILES string of the molecule is OC(CS(=Nc1ccccc1)(=Nc1ccccc1)c1ccccc1)c1ccc(C(F)(F)F)cc1. The van der Waals surface area contributed by atoms with Crippen molar-refractivity contribution in [1.29, 1.82) is 0 Å². The standard InChI is InChI=1S/C27H23F3N2OS/c28-27(29,30)22-18-16-21(17-19-22)26(33)20-34(25-14-8-3-9-15-25,31-23-10-4-1-5-11-23)32-24-12-6-2-7-13-24/h1-19,26,33H,20H2. The van der Waals surface area contributed by atoms with E-state index in [2.05, 4.69) is 0 Å². The Balaban J connectivity index is 1.88. The fourth-order valence-electron chi connectivity index (χ4n) is 3.47. The molecule has 174 valence electrons. The van der Waals surface area contributed by atoms with E-state index in [9.17, 15) is 18.3 Å². The van der Waals surface area contributed by atoms with Gasteiger partial charge in [-0.15, -0.1) is 0 Å². The summed E-state index contributed by atoms with van der Waals surface area (Å²) in [6.45, 7) is 0. The summed E-state index contributed by atoms with van der Waals surface area (Å²) in [4.78, 5) is 0.841. The number of hydrogen-bond acceptors (Lipinski definition) is 3. The molecule has 0 heterocycles. The van der Waals surface area contributed by atoms with Gasteiger partial charge in [0.1, 0.15) is 0 Å². The molecule has 0 saturated carbocycles. The van der Waals surface area contributed by atoms with Gasteiger partial charge in [-0.3, -0.25) is 0 Å². The summed E-state index contributed by atoms with van der Waals surface area (Å²) in [5, 5.41) is 11.2. The topological polar surface area (TPSA) is 45.0 Å². The van der Waals surface area contributed by atoms with Crippen molar-refractivity contribution in [3.8, 4) is 0 Å². The molecule has 3 nitrogen and oxygen atoms in total. The first-order chi connectivity index (χ1) is 16.4. The summed E-state index contributed by atoms with van der Waals surface area (Å²) in [5.74, 6) is 0.117. The highest BCUT2D eigenvalue weighted by molar-refractivity contribution is 7.96. The molecule has 7 heteroatoms. The van der Waals surface area contributed by atoms with Gasteiger partial charge in [-0.25, -0.2) is 8.73 Å². The van der Waals surface area contributed by atoms with Gasteiger partial charge >= 0.3 is 6.18 Å². The largest absolute Gasteiger partial charge is 0.416 e. The first kappa shape index (κ1) is 23.7. The van der Waals surface area contributed by atoms with Gasteiger partial charge < -0.3 is 5.11 Å². The third-order valence-electron chi connectivity index (χ3n) is 5.16. The smallest absolute Gasteiger partial charge is 0.387 e. The van der Waals surface area contributed by atoms with Crippen LogP contribution in [0.25, 0.3) is 0 Å². The minimum atomic E-state index is -4.44. The fourth-order valence-corrected chi connectivity index (χ4v) is 6.23. The van der Waals surface area contributed by atoms with Crippen molar-refractivity contribution in [2.75, 3.05) is 5.75 Å². The Hall–Kier alpha value is -3.42. The molecule has 0 saturated heterocycles. The number of halogens is 3. The minimum Gasteiger partial charge on any atom is -0.387 e. The van der Waals surface area contributed by atoms with E-state index < -0.39 is 27.5 Å². The van der Waals surface area contributed by atoms with Gasteiger partial charge in [0.15, 0.2) is 0 Å². The van der Waals surface area contributed by atoms with Crippen molar-refractivity contribution < 1.29 is 18.3 Å². The maximum atomic E-state index is 13.0. The van der Waals surface area contributed by atoms with Crippen LogP contribution in [-0.4, -0.2) is 10.9 Å². The lowest BCUT2D eigenvalue weighted by atomic mass is 10.1. The van der Waals surface area contributed by atoms with E-state index in [1.165, 1.54) is 12.1 Å². The fraction of sp³-hybridized carbons (Fsp3) is 0.111. The monoisotopic (exact) mass is 480 g/mol. The molecule has 0 aliphatic heterocycles. The van der Waals surface area contributed by atoms with E-state index in [1.54, 1.807) is 0 Å². The molecule has 1 N–H and O–H groups in total. The number of aliphatic hydroxyl groups is 1. The van der Waals surface area contributed by atoms with Gasteiger partial charge in [0.25, 0.3) is 0 Å². The second kappa shape index (κ2) is 10.2. The van der Waals surface area contributed by atoms with E-state index in [-0.39, 0.29) is 5.75 Å². The molecule has 34 heavy (non-hydrogen) atoms. The lowest BCUT2D eigenvalue weighted by Crippen LogP contribution is -2.15. The number of alkyl halides is 3. The van der Waals surface area contributed by atoms with Crippen molar-refractivity contribution in [3.63, 3.8) is 0 Å². The summed E-state index contributed by atoms with van der Waals surface area (Å²) in [5.41, 5.74) is 1.04. The Morgan fingerprint density at radius 1 is 0.647 bits per heavy atom. The highest BCUT2D eigenvalue weighted by Gasteiger charge is 2.30. The lowest BCUT2D eigenvalue weighted by Gasteiger charge is -2.21. The number of benzene rings is 4. The Bertz CT molecular complexity index is 1280. The van der Waals surface area contributed by atoms with E-state index in [1.807, 2.05) is 91.0 Å². The predicted octanol–water partition coefficient (Wildman–Crippen LogP) is 7.98. The molecule has 1 unspecified atom stereocenters. The van der Waals surface area contributed by atoms with Crippen LogP contribution in [0.3, 0.4) is 0 Å². The average Bonchev–Trinajstić information content (AvgIpc) is 2.85. The summed E-state index contributed by atoms with van der Waals surface area (Å²) in [6.07, 6.45) is -5.51. The molecule has 1 atom stereocenters. The van der Waals surface area contributed by atoms with Crippen LogP contribution in [0.1, 0.15) is 17.2 Å².